The van der Waals surface area contributed by atoms with Crippen LogP contribution in [-0.4, -0.2) is 13.4 Å². The molecule has 0 atom stereocenters. The van der Waals surface area contributed by atoms with E-state index >= 15 is 0 Å². The van der Waals surface area contributed by atoms with Crippen LogP contribution in [0.1, 0.15) is 25.0 Å². The van der Waals surface area contributed by atoms with E-state index in [1.807, 2.05) is 19.9 Å². The first-order chi connectivity index (χ1) is 15.1. The lowest BCUT2D eigenvalue weighted by atomic mass is 10.2. The van der Waals surface area contributed by atoms with Gasteiger partial charge in [-0.05, 0) is 48.0 Å². The van der Waals surface area contributed by atoms with Gasteiger partial charge in [-0.2, -0.15) is 13.2 Å². The third-order valence-electron chi connectivity index (χ3n) is 3.86. The molecule has 0 spiro atoms. The van der Waals surface area contributed by atoms with Crippen LogP contribution in [0.3, 0.4) is 0 Å². The Balaban J connectivity index is 0.00000176. The molecule has 0 saturated heterocycles. The number of aromatic nitrogens is 1. The van der Waals surface area contributed by atoms with Crippen LogP contribution in [-0.2, 0) is 22.0 Å². The van der Waals surface area contributed by atoms with Crippen LogP contribution < -0.4 is 4.72 Å². The van der Waals surface area contributed by atoms with Crippen LogP contribution in [0.4, 0.5) is 18.9 Å². The Hall–Kier alpha value is -1.94. The van der Waals surface area contributed by atoms with Gasteiger partial charge < -0.3 is 0 Å². The van der Waals surface area contributed by atoms with Gasteiger partial charge in [0.15, 0.2) is 0 Å². The van der Waals surface area contributed by atoms with Crippen molar-refractivity contribution in [1.82, 2.24) is 4.98 Å². The van der Waals surface area contributed by atoms with Gasteiger partial charge in [0, 0.05) is 28.1 Å². The Labute approximate surface area is 199 Å². The minimum atomic E-state index is -4.79. The predicted molar refractivity (Wildman–Crippen MR) is 124 cm³/mol. The molecule has 0 bridgehead atoms. The lowest BCUT2D eigenvalue weighted by Gasteiger charge is -2.15. The zero-order valence-corrected chi connectivity index (χ0v) is 20.1. The molecule has 0 aliphatic heterocycles. The minimum absolute atomic E-state index is 0.153. The summed E-state index contributed by atoms with van der Waals surface area (Å²) in [6, 6.07) is 10.7. The number of nitrogens with one attached hydrogen (secondary N) is 1. The molecule has 1 N–H and O–H groups in total. The molecule has 4 nitrogen and oxygen atoms in total. The molecule has 32 heavy (non-hydrogen) atoms. The molecule has 0 amide bonds. The maximum Gasteiger partial charge on any atom is 0.417 e. The Kier molecular flexibility index (Phi) is 9.27. The van der Waals surface area contributed by atoms with Gasteiger partial charge in [-0.1, -0.05) is 43.1 Å². The zero-order chi connectivity index (χ0) is 23.9. The molecule has 0 fully saturated rings. The number of hydrogen-bond acceptors (Lipinski definition) is 4. The van der Waals surface area contributed by atoms with Crippen molar-refractivity contribution in [2.75, 3.05) is 4.72 Å². The smallest absolute Gasteiger partial charge is 0.278 e. The van der Waals surface area contributed by atoms with Crippen molar-refractivity contribution in [2.45, 2.75) is 35.6 Å². The topological polar surface area (TPSA) is 59.1 Å². The largest absolute Gasteiger partial charge is 0.417 e. The third-order valence-corrected chi connectivity index (χ3v) is 6.93. The molecule has 0 aliphatic carbocycles. The van der Waals surface area contributed by atoms with Gasteiger partial charge >= 0.3 is 6.18 Å². The van der Waals surface area contributed by atoms with Crippen molar-refractivity contribution >= 4 is 50.7 Å². The number of sulfonamides is 1. The highest BCUT2D eigenvalue weighted by Gasteiger charge is 2.34. The summed E-state index contributed by atoms with van der Waals surface area (Å²) in [5, 5.41) is -0.317. The zero-order valence-electron chi connectivity index (χ0n) is 17.0. The predicted octanol–water partition coefficient (Wildman–Crippen LogP) is 7.53. The summed E-state index contributed by atoms with van der Waals surface area (Å²) in [5.41, 5.74) is -0.164. The first kappa shape index (κ1) is 26.3. The summed E-state index contributed by atoms with van der Waals surface area (Å²) in [6.07, 6.45) is -1.47. The van der Waals surface area contributed by atoms with E-state index in [0.29, 0.717) is 16.7 Å². The van der Waals surface area contributed by atoms with Crippen LogP contribution in [0.15, 0.2) is 70.7 Å². The monoisotopic (exact) mass is 522 g/mol. The highest BCUT2D eigenvalue weighted by Crippen LogP contribution is 2.37. The number of hydrogen-bond donors (Lipinski definition) is 1. The lowest BCUT2D eigenvalue weighted by molar-refractivity contribution is -0.137. The number of anilines is 1. The van der Waals surface area contributed by atoms with Crippen molar-refractivity contribution in [2.24, 2.45) is 0 Å². The number of thioether (sulfide) groups is 1. The Morgan fingerprint density at radius 1 is 1.06 bits per heavy atom. The molecular weight excluding hydrogens is 504 g/mol. The molecule has 1 aromatic heterocycles. The van der Waals surface area contributed by atoms with Gasteiger partial charge in [-0.15, -0.1) is 11.8 Å². The Morgan fingerprint density at radius 3 is 2.41 bits per heavy atom. The van der Waals surface area contributed by atoms with Crippen molar-refractivity contribution in [3.05, 3.63) is 82.1 Å². The number of nitrogens with zero attached hydrogens (tertiary/aromatic N) is 1. The maximum absolute atomic E-state index is 13.1. The summed E-state index contributed by atoms with van der Waals surface area (Å²) in [7, 11) is -4.33. The van der Waals surface area contributed by atoms with Crippen LogP contribution in [0.5, 0.6) is 0 Å². The average molecular weight is 523 g/mol. The van der Waals surface area contributed by atoms with E-state index in [4.69, 9.17) is 23.2 Å². The van der Waals surface area contributed by atoms with Crippen molar-refractivity contribution < 1.29 is 21.6 Å². The standard InChI is InChI=1S/C19H13Cl2F3N2O2S2.C2H6/c20-13-3-6-18(29-11-12-2-1-7-25-10-12)17(8-13)26-30(27,28)14-4-5-16(21)15(9-14)19(22,23)24;1-2/h1-10,26H,11H2;1-2H3. The van der Waals surface area contributed by atoms with Gasteiger partial charge in [0.2, 0.25) is 0 Å². The van der Waals surface area contributed by atoms with Gasteiger partial charge in [0.25, 0.3) is 10.0 Å². The maximum atomic E-state index is 13.1. The summed E-state index contributed by atoms with van der Waals surface area (Å²) in [6.45, 7) is 4.00. The highest BCUT2D eigenvalue weighted by atomic mass is 35.5. The molecule has 0 unspecified atom stereocenters. The van der Waals surface area contributed by atoms with Crippen molar-refractivity contribution in [3.8, 4) is 0 Å². The molecule has 172 valence electrons. The normalized spacial score (nSPS) is 11.5. The van der Waals surface area contributed by atoms with E-state index < -0.39 is 31.7 Å². The van der Waals surface area contributed by atoms with Gasteiger partial charge in [0.05, 0.1) is 21.2 Å². The highest BCUT2D eigenvalue weighted by molar-refractivity contribution is 7.98. The first-order valence-corrected chi connectivity index (χ1v) is 12.5. The fraction of sp³-hybridized carbons (Fsp3) is 0.190. The molecular formula is C21H19Cl2F3N2O2S2. The summed E-state index contributed by atoms with van der Waals surface area (Å²) in [4.78, 5) is 4.00. The minimum Gasteiger partial charge on any atom is -0.278 e. The van der Waals surface area contributed by atoms with Crippen molar-refractivity contribution in [3.63, 3.8) is 0 Å². The van der Waals surface area contributed by atoms with Gasteiger partial charge in [-0.25, -0.2) is 8.42 Å². The second-order valence-corrected chi connectivity index (χ2v) is 9.58. The molecule has 3 rings (SSSR count). The Morgan fingerprint density at radius 2 is 1.78 bits per heavy atom. The fourth-order valence-electron chi connectivity index (χ4n) is 2.44. The Bertz CT molecular complexity index is 1160. The molecule has 0 saturated carbocycles. The molecule has 11 heteroatoms. The molecule has 3 aromatic rings. The second kappa shape index (κ2) is 11.3. The van der Waals surface area contributed by atoms with E-state index in [-0.39, 0.29) is 10.7 Å². The SMILES string of the molecule is CC.O=S(=O)(Nc1cc(Cl)ccc1SCc1cccnc1)c1ccc(Cl)c(C(F)(F)F)c1. The number of pyridine rings is 1. The van der Waals surface area contributed by atoms with Gasteiger partial charge in [0.1, 0.15) is 0 Å². The van der Waals surface area contributed by atoms with Crippen LogP contribution in [0.2, 0.25) is 10.0 Å². The van der Waals surface area contributed by atoms with E-state index in [2.05, 4.69) is 9.71 Å². The van der Waals surface area contributed by atoms with Crippen LogP contribution in [0, 0.1) is 0 Å². The van der Waals surface area contributed by atoms with Crippen LogP contribution >= 0.6 is 35.0 Å². The third kappa shape index (κ3) is 7.03. The summed E-state index contributed by atoms with van der Waals surface area (Å²) < 4.78 is 67.1. The van der Waals surface area contributed by atoms with E-state index in [1.54, 1.807) is 30.6 Å². The quantitative estimate of drug-likeness (QED) is 0.340. The average Bonchev–Trinajstić information content (AvgIpc) is 2.74. The number of halogens is 5. The molecule has 0 radical (unpaired) electrons. The van der Waals surface area contributed by atoms with Crippen LogP contribution in [0.25, 0.3) is 0 Å². The fourth-order valence-corrected chi connectivity index (χ4v) is 4.93. The number of rotatable bonds is 6. The van der Waals surface area contributed by atoms with E-state index in [9.17, 15) is 21.6 Å². The number of alkyl halides is 3. The molecule has 0 aliphatic rings. The molecule has 1 heterocycles. The van der Waals surface area contributed by atoms with Gasteiger partial charge in [-0.3, -0.25) is 9.71 Å². The number of benzene rings is 2. The van der Waals surface area contributed by atoms with Crippen molar-refractivity contribution in [1.29, 1.82) is 0 Å². The first-order valence-electron chi connectivity index (χ1n) is 9.27. The second-order valence-electron chi connectivity index (χ2n) is 6.04. The van der Waals surface area contributed by atoms with E-state index in [1.165, 1.54) is 17.8 Å². The summed E-state index contributed by atoms with van der Waals surface area (Å²) >= 11 is 12.9. The molecule has 2 aromatic carbocycles. The van der Waals surface area contributed by atoms with E-state index in [0.717, 1.165) is 17.7 Å². The summed E-state index contributed by atoms with van der Waals surface area (Å²) in [5.74, 6) is 0.503. The lowest BCUT2D eigenvalue weighted by Crippen LogP contribution is -2.15.